The van der Waals surface area contributed by atoms with E-state index >= 15 is 0 Å². The van der Waals surface area contributed by atoms with Crippen LogP contribution in [0.5, 0.6) is 0 Å². The molecule has 0 aromatic heterocycles. The van der Waals surface area contributed by atoms with E-state index in [0.717, 1.165) is 0 Å². The molecule has 0 amide bonds. The molecule has 0 aliphatic heterocycles. The van der Waals surface area contributed by atoms with Crippen LogP contribution in [0.25, 0.3) is 0 Å². The molecule has 0 rings (SSSR count). The van der Waals surface area contributed by atoms with E-state index in [-0.39, 0.29) is 176 Å². The van der Waals surface area contributed by atoms with Crippen molar-refractivity contribution in [2.75, 3.05) is 0 Å². The second-order valence-electron chi connectivity index (χ2n) is 58.9. The van der Waals surface area contributed by atoms with Crippen LogP contribution in [0.1, 0.15) is 538 Å². The van der Waals surface area contributed by atoms with Crippen LogP contribution < -0.4 is 141 Å². The summed E-state index contributed by atoms with van der Waals surface area (Å²) in [5, 5.41) is 0. The molecule has 0 radical (unpaired) electrons. The molecule has 148 heavy (non-hydrogen) atoms. The second-order valence-corrected chi connectivity index (χ2v) is 71.8. The first-order valence-corrected chi connectivity index (χ1v) is 63.4. The van der Waals surface area contributed by atoms with Crippen molar-refractivity contribution >= 4 is 72.4 Å². The largest absolute Gasteiger partial charge is 2.00 e. The molecular weight excluding hydrogens is 2550 g/mol. The van der Waals surface area contributed by atoms with Gasteiger partial charge in [0, 0.05) is 62.2 Å². The molecule has 46 heteroatoms. The van der Waals surface area contributed by atoms with E-state index in [2.05, 4.69) is 13.8 Å². The predicted octanol–water partition coefficient (Wildman–Crippen LogP) is 14.2. The molecule has 0 saturated carbocycles. The summed E-state index contributed by atoms with van der Waals surface area (Å²) in [6.45, 7) is 136. The van der Waals surface area contributed by atoms with Gasteiger partial charge in [0.25, 0.3) is 0 Å². The molecule has 0 unspecified atom stereocenters. The first-order chi connectivity index (χ1) is 59.9. The fourth-order valence-corrected chi connectivity index (χ4v) is 29.0. The van der Waals surface area contributed by atoms with Gasteiger partial charge >= 0.3 is 175 Å². The standard InChI is InChI=1S/8C12H27O4Si.C6H14.2K.2O.2U/c8*1-10(2,3)14-17(13,15-11(4,5)6)16-12(7,8)9;1-3-5-6-4-2;;;;;;/h8*1-9H3;3-6H2,1-2H3;;;;;;/q8*-1;;2*+1;2*-2;;. The quantitative estimate of drug-likeness (QED) is 0.0544. The van der Waals surface area contributed by atoms with Gasteiger partial charge in [0.2, 0.25) is 0 Å². The fraction of sp³-hybridized carbons (Fsp3) is 1.00. The van der Waals surface area contributed by atoms with Crippen LogP contribution in [-0.2, 0) is 117 Å². The maximum Gasteiger partial charge on any atom is 1.00 e. The van der Waals surface area contributed by atoms with E-state index in [9.17, 15) is 38.4 Å². The van der Waals surface area contributed by atoms with Crippen molar-refractivity contribution in [3.8, 4) is 0 Å². The molecule has 34 nitrogen and oxygen atoms in total. The third-order valence-electron chi connectivity index (χ3n) is 11.3. The first-order valence-electron chi connectivity index (χ1n) is 50.3. The summed E-state index contributed by atoms with van der Waals surface area (Å²) in [4.78, 5) is 101. The van der Waals surface area contributed by atoms with Crippen molar-refractivity contribution in [3.05, 3.63) is 0 Å². The topological polar surface area (TPSA) is 463 Å². The van der Waals surface area contributed by atoms with Crippen LogP contribution in [0.2, 0.25) is 0 Å². The molecule has 0 spiro atoms. The van der Waals surface area contributed by atoms with E-state index in [1.807, 2.05) is 499 Å². The van der Waals surface area contributed by atoms with Crippen LogP contribution in [0.4, 0.5) is 0 Å². The smallest absolute Gasteiger partial charge is 1.00 e. The van der Waals surface area contributed by atoms with Crippen LogP contribution in [-0.4, -0.2) is 207 Å². The maximum absolute atomic E-state index is 12.6. The van der Waals surface area contributed by atoms with E-state index in [0.29, 0.717) is 0 Å². The molecule has 0 saturated heterocycles. The van der Waals surface area contributed by atoms with E-state index < -0.39 is 207 Å². The molecule has 0 atom stereocenters. The third-order valence-corrected chi connectivity index (χ3v) is 32.0. The molecule has 0 aliphatic carbocycles. The predicted molar refractivity (Wildman–Crippen MR) is 577 cm³/mol. The minimum absolute atomic E-state index is 0. The van der Waals surface area contributed by atoms with Crippen LogP contribution in [0.15, 0.2) is 0 Å². The molecule has 0 aromatic rings. The Hall–Kier alpha value is 5.75. The van der Waals surface area contributed by atoms with Crippen molar-refractivity contribution in [3.63, 3.8) is 0 Å². The van der Waals surface area contributed by atoms with Crippen LogP contribution in [0, 0.1) is 62.2 Å². The van der Waals surface area contributed by atoms with Gasteiger partial charge in [0.1, 0.15) is 0 Å². The summed E-state index contributed by atoms with van der Waals surface area (Å²) in [7, 11) is -31.2. The summed E-state index contributed by atoms with van der Waals surface area (Å²) in [5.74, 6) is 0. The molecule has 0 heterocycles. The van der Waals surface area contributed by atoms with Gasteiger partial charge in [0.05, 0.1) is 134 Å². The Morgan fingerprint density at radius 2 is 0.149 bits per heavy atom. The molecule has 0 bridgehead atoms. The summed E-state index contributed by atoms with van der Waals surface area (Å²) < 4.78 is 132. The average Bonchev–Trinajstić information content (AvgIpc) is 0.856. The van der Waals surface area contributed by atoms with Crippen molar-refractivity contribution in [1.82, 2.24) is 0 Å². The Morgan fingerprint density at radius 1 is 0.115 bits per heavy atom. The summed E-state index contributed by atoms with van der Waals surface area (Å²) in [6, 6.07) is 0. The van der Waals surface area contributed by atoms with Crippen molar-refractivity contribution < 1.29 is 321 Å². The zero-order chi connectivity index (χ0) is 118. The molecule has 0 aromatic carbocycles. The minimum Gasteiger partial charge on any atom is -2.00 e. The van der Waals surface area contributed by atoms with Crippen molar-refractivity contribution in [2.24, 2.45) is 0 Å². The van der Waals surface area contributed by atoms with E-state index in [1.54, 1.807) is 0 Å². The van der Waals surface area contributed by atoms with E-state index in [1.165, 1.54) is 25.7 Å². The average molecular weight is 2780 g/mol. The van der Waals surface area contributed by atoms with Crippen LogP contribution in [0.3, 0.4) is 0 Å². The molecule has 0 aliphatic rings. The molecule has 894 valence electrons. The second kappa shape index (κ2) is 69.0. The zero-order valence-corrected chi connectivity index (χ0v) is 132. The molecule has 0 N–H and O–H groups in total. The number of unbranched alkanes of at least 4 members (excludes halogenated alkanes) is 3. The summed E-state index contributed by atoms with van der Waals surface area (Å²) >= 11 is 0. The summed E-state index contributed by atoms with van der Waals surface area (Å²) in [5.41, 5.74) is -13.9. The van der Waals surface area contributed by atoms with E-state index in [4.69, 9.17) is 106 Å². The fourth-order valence-electron chi connectivity index (χ4n) is 10.0. The zero-order valence-electron chi connectivity index (χ0n) is 110. The van der Waals surface area contributed by atoms with Gasteiger partial charge in [-0.05, 0) is 499 Å². The molecular formula is C102H230K2O34Si8U2-10. The SMILES string of the molecule is CC(C)(C)O[Si]([O-])(OC(C)(C)C)OC(C)(C)C.CC(C)(C)O[Si]([O-])(OC(C)(C)C)OC(C)(C)C.CC(C)(C)O[Si]([O-])(OC(C)(C)C)OC(C)(C)C.CC(C)(C)O[Si]([O-])(OC(C)(C)C)OC(C)(C)C.CC(C)(C)O[Si]([O-])(OC(C)(C)C)OC(C)(C)C.CC(C)(C)O[Si]([O-])(OC(C)(C)C)OC(C)(C)C.CC(C)(C)O[Si]([O-])(OC(C)(C)C)OC(C)(C)C.CC(C)(C)O[Si]([O-])(OC(C)(C)C)OC(C)(C)C.CCCCCC.[K+].[K+].[O-2].[O-2].[U].[U]. The van der Waals surface area contributed by atoms with Gasteiger partial charge < -0.3 is 156 Å². The Kier molecular flexibility index (Phi) is 86.9. The van der Waals surface area contributed by atoms with Crippen molar-refractivity contribution in [2.45, 2.75) is 672 Å². The van der Waals surface area contributed by atoms with Gasteiger partial charge in [-0.2, -0.15) is 0 Å². The Bertz CT molecular complexity index is 2390. The third kappa shape index (κ3) is 148. The van der Waals surface area contributed by atoms with Gasteiger partial charge in [0.15, 0.2) is 0 Å². The van der Waals surface area contributed by atoms with Gasteiger partial charge in [-0.1, -0.05) is 39.5 Å². The van der Waals surface area contributed by atoms with Crippen molar-refractivity contribution in [1.29, 1.82) is 0 Å². The van der Waals surface area contributed by atoms with Crippen LogP contribution >= 0.6 is 0 Å². The summed E-state index contributed by atoms with van der Waals surface area (Å²) in [6.07, 6.45) is 5.54. The maximum atomic E-state index is 12.6. The first kappa shape index (κ1) is 186. The minimum atomic E-state index is -3.91. The van der Waals surface area contributed by atoms with Gasteiger partial charge in [-0.3, -0.25) is 0 Å². The molecule has 0 fully saturated rings. The monoisotopic (exact) mass is 2780 g/mol. The van der Waals surface area contributed by atoms with Gasteiger partial charge in [-0.25, -0.2) is 0 Å². The number of hydrogen-bond donors (Lipinski definition) is 0. The Morgan fingerprint density at radius 3 is 0.169 bits per heavy atom. The Labute approximate surface area is 1050 Å². The van der Waals surface area contributed by atoms with Gasteiger partial charge in [-0.15, -0.1) is 0 Å². The normalized spacial score (nSPS) is 14.3. The number of rotatable bonds is 27. The Balaban J connectivity index is -0.000000104. The number of hydrogen-bond acceptors (Lipinski definition) is 32.